The van der Waals surface area contributed by atoms with Gasteiger partial charge < -0.3 is 24.3 Å². The van der Waals surface area contributed by atoms with E-state index in [2.05, 4.69) is 21.2 Å². The monoisotopic (exact) mass is 393 g/mol. The van der Waals surface area contributed by atoms with Crippen molar-refractivity contribution in [2.24, 2.45) is 0 Å². The Balaban J connectivity index is 1.98. The van der Waals surface area contributed by atoms with E-state index in [1.807, 2.05) is 36.4 Å². The van der Waals surface area contributed by atoms with Gasteiger partial charge in [-0.3, -0.25) is 0 Å². The van der Waals surface area contributed by atoms with E-state index in [4.69, 9.17) is 25.4 Å². The second kappa shape index (κ2) is 10.3. The summed E-state index contributed by atoms with van der Waals surface area (Å²) in [6.45, 7) is 1.71. The molecule has 1 heterocycles. The molecule has 0 radical (unpaired) electrons. The molecule has 0 atom stereocenters. The van der Waals surface area contributed by atoms with E-state index in [9.17, 15) is 0 Å². The number of benzene rings is 2. The van der Waals surface area contributed by atoms with Gasteiger partial charge in [-0.15, -0.1) is 6.42 Å². The van der Waals surface area contributed by atoms with Crippen LogP contribution >= 0.6 is 0 Å². The standard InChI is InChI=1S/C22H23N3O4/c1-4-16-7-5-6-8-18(16)25-22-17-13-20(28-11-9-26-2)21(29-12-10-27-3)14-19(17)23-15-24-22/h1,5-8,13-15H,9-12H2,2-3H3,(H,23,24,25). The highest BCUT2D eigenvalue weighted by atomic mass is 16.5. The average molecular weight is 393 g/mol. The molecule has 1 N–H and O–H groups in total. The van der Waals surface area contributed by atoms with E-state index in [1.165, 1.54) is 6.33 Å². The van der Waals surface area contributed by atoms with Crippen LogP contribution in [0.1, 0.15) is 5.56 Å². The zero-order chi connectivity index (χ0) is 20.5. The number of terminal acetylenes is 1. The molecule has 0 aliphatic heterocycles. The van der Waals surface area contributed by atoms with Crippen LogP contribution in [0.15, 0.2) is 42.7 Å². The normalized spacial score (nSPS) is 10.5. The van der Waals surface area contributed by atoms with E-state index < -0.39 is 0 Å². The number of ether oxygens (including phenoxy) is 4. The number of rotatable bonds is 10. The number of para-hydroxylation sites is 1. The second-order valence-electron chi connectivity index (χ2n) is 6.04. The van der Waals surface area contributed by atoms with Crippen LogP contribution in [-0.2, 0) is 9.47 Å². The van der Waals surface area contributed by atoms with E-state index in [0.29, 0.717) is 49.3 Å². The van der Waals surface area contributed by atoms with Crippen molar-refractivity contribution in [2.45, 2.75) is 0 Å². The number of methoxy groups -OCH3 is 2. The van der Waals surface area contributed by atoms with Crippen molar-refractivity contribution in [2.75, 3.05) is 46.0 Å². The highest BCUT2D eigenvalue weighted by molar-refractivity contribution is 5.93. The quantitative estimate of drug-likeness (QED) is 0.418. The summed E-state index contributed by atoms with van der Waals surface area (Å²) >= 11 is 0. The summed E-state index contributed by atoms with van der Waals surface area (Å²) in [4.78, 5) is 8.76. The first-order chi connectivity index (χ1) is 14.3. The van der Waals surface area contributed by atoms with Crippen LogP contribution in [0.2, 0.25) is 0 Å². The molecule has 1 aromatic heterocycles. The third-order valence-electron chi connectivity index (χ3n) is 4.13. The lowest BCUT2D eigenvalue weighted by molar-refractivity contribution is 0.132. The number of nitrogens with zero attached hydrogens (tertiary/aromatic N) is 2. The zero-order valence-electron chi connectivity index (χ0n) is 16.5. The lowest BCUT2D eigenvalue weighted by Gasteiger charge is -2.15. The molecule has 7 heteroatoms. The van der Waals surface area contributed by atoms with Crippen molar-refractivity contribution in [1.82, 2.24) is 9.97 Å². The minimum absolute atomic E-state index is 0.388. The SMILES string of the molecule is C#Cc1ccccc1Nc1ncnc2cc(OCCOC)c(OCCOC)cc12. The van der Waals surface area contributed by atoms with Crippen LogP contribution in [-0.4, -0.2) is 50.6 Å². The van der Waals surface area contributed by atoms with E-state index >= 15 is 0 Å². The first-order valence-electron chi connectivity index (χ1n) is 9.11. The van der Waals surface area contributed by atoms with Crippen molar-refractivity contribution in [3.63, 3.8) is 0 Å². The lowest BCUT2D eigenvalue weighted by atomic mass is 10.1. The molecule has 0 aliphatic carbocycles. The third kappa shape index (κ3) is 5.13. The van der Waals surface area contributed by atoms with Crippen LogP contribution in [0.3, 0.4) is 0 Å². The topological polar surface area (TPSA) is 74.7 Å². The van der Waals surface area contributed by atoms with Crippen molar-refractivity contribution < 1.29 is 18.9 Å². The Morgan fingerprint density at radius 1 is 0.931 bits per heavy atom. The molecule has 0 fully saturated rings. The fourth-order valence-corrected chi connectivity index (χ4v) is 2.70. The predicted octanol–water partition coefficient (Wildman–Crippen LogP) is 3.41. The second-order valence-corrected chi connectivity index (χ2v) is 6.04. The number of hydrogen-bond donors (Lipinski definition) is 1. The third-order valence-corrected chi connectivity index (χ3v) is 4.13. The molecule has 0 amide bonds. The molecule has 150 valence electrons. The Bertz CT molecular complexity index is 1000. The van der Waals surface area contributed by atoms with E-state index in [1.54, 1.807) is 14.2 Å². The number of aromatic nitrogens is 2. The molecule has 0 bridgehead atoms. The number of hydrogen-bond acceptors (Lipinski definition) is 7. The number of nitrogens with one attached hydrogen (secondary N) is 1. The van der Waals surface area contributed by atoms with Gasteiger partial charge in [0.2, 0.25) is 0 Å². The van der Waals surface area contributed by atoms with E-state index in [0.717, 1.165) is 16.6 Å². The van der Waals surface area contributed by atoms with Crippen LogP contribution in [0.25, 0.3) is 10.9 Å². The lowest BCUT2D eigenvalue weighted by Crippen LogP contribution is -2.09. The first-order valence-corrected chi connectivity index (χ1v) is 9.11. The van der Waals surface area contributed by atoms with Crippen molar-refractivity contribution in [1.29, 1.82) is 0 Å². The van der Waals surface area contributed by atoms with Crippen LogP contribution < -0.4 is 14.8 Å². The molecular formula is C22H23N3O4. The average Bonchev–Trinajstić information content (AvgIpc) is 2.75. The van der Waals surface area contributed by atoms with Crippen molar-refractivity contribution >= 4 is 22.4 Å². The highest BCUT2D eigenvalue weighted by Crippen LogP contribution is 2.35. The summed E-state index contributed by atoms with van der Waals surface area (Å²) in [5, 5.41) is 4.08. The zero-order valence-corrected chi connectivity index (χ0v) is 16.5. The van der Waals surface area contributed by atoms with Gasteiger partial charge in [0.25, 0.3) is 0 Å². The maximum absolute atomic E-state index is 5.86. The Morgan fingerprint density at radius 3 is 2.31 bits per heavy atom. The van der Waals surface area contributed by atoms with Gasteiger partial charge in [-0.25, -0.2) is 9.97 Å². The molecule has 29 heavy (non-hydrogen) atoms. The summed E-state index contributed by atoms with van der Waals surface area (Å²) in [5.74, 6) is 4.45. The van der Waals surface area contributed by atoms with Gasteiger partial charge in [0.05, 0.1) is 24.4 Å². The van der Waals surface area contributed by atoms with Gasteiger partial charge in [-0.2, -0.15) is 0 Å². The fourth-order valence-electron chi connectivity index (χ4n) is 2.70. The van der Waals surface area contributed by atoms with Gasteiger partial charge in [-0.1, -0.05) is 18.1 Å². The number of fused-ring (bicyclic) bond motifs is 1. The molecule has 0 unspecified atom stereocenters. The Kier molecular flexibility index (Phi) is 7.22. The highest BCUT2D eigenvalue weighted by Gasteiger charge is 2.13. The summed E-state index contributed by atoms with van der Waals surface area (Å²) in [6.07, 6.45) is 7.10. The smallest absolute Gasteiger partial charge is 0.163 e. The number of anilines is 2. The maximum atomic E-state index is 5.86. The molecule has 7 nitrogen and oxygen atoms in total. The molecular weight excluding hydrogens is 370 g/mol. The molecule has 3 aromatic rings. The minimum atomic E-state index is 0.388. The predicted molar refractivity (Wildman–Crippen MR) is 112 cm³/mol. The van der Waals surface area contributed by atoms with Crippen molar-refractivity contribution in [3.8, 4) is 23.8 Å². The van der Waals surface area contributed by atoms with Crippen LogP contribution in [0.4, 0.5) is 11.5 Å². The van der Waals surface area contributed by atoms with Crippen LogP contribution in [0.5, 0.6) is 11.5 Å². The van der Waals surface area contributed by atoms with Gasteiger partial charge in [0.1, 0.15) is 25.4 Å². The van der Waals surface area contributed by atoms with Gasteiger partial charge >= 0.3 is 0 Å². The Labute approximate surface area is 170 Å². The minimum Gasteiger partial charge on any atom is -0.487 e. The van der Waals surface area contributed by atoms with Gasteiger partial charge in [0.15, 0.2) is 11.5 Å². The van der Waals surface area contributed by atoms with Gasteiger partial charge in [0, 0.05) is 31.2 Å². The fraction of sp³-hybridized carbons (Fsp3) is 0.273. The van der Waals surface area contributed by atoms with Crippen LogP contribution in [0, 0.1) is 12.3 Å². The molecule has 0 saturated carbocycles. The van der Waals surface area contributed by atoms with E-state index in [-0.39, 0.29) is 0 Å². The molecule has 2 aromatic carbocycles. The summed E-state index contributed by atoms with van der Waals surface area (Å²) in [7, 11) is 3.25. The van der Waals surface area contributed by atoms with Crippen molar-refractivity contribution in [3.05, 3.63) is 48.3 Å². The first kappa shape index (κ1) is 20.4. The molecule has 0 spiro atoms. The molecule has 0 saturated heterocycles. The summed E-state index contributed by atoms with van der Waals surface area (Å²) in [6, 6.07) is 11.3. The maximum Gasteiger partial charge on any atom is 0.163 e. The molecule has 0 aliphatic rings. The summed E-state index contributed by atoms with van der Waals surface area (Å²) in [5.41, 5.74) is 2.25. The molecule has 3 rings (SSSR count). The summed E-state index contributed by atoms with van der Waals surface area (Å²) < 4.78 is 21.8. The Morgan fingerprint density at radius 2 is 1.62 bits per heavy atom. The largest absolute Gasteiger partial charge is 0.487 e. The Hall–Kier alpha value is -3.34. The van der Waals surface area contributed by atoms with Gasteiger partial charge in [-0.05, 0) is 18.2 Å².